The second-order valence-electron chi connectivity index (χ2n) is 6.23. The van der Waals surface area contributed by atoms with E-state index < -0.39 is 20.5 Å². The fourth-order valence-electron chi connectivity index (χ4n) is 2.92. The van der Waals surface area contributed by atoms with Gasteiger partial charge in [0.2, 0.25) is 9.84 Å². The van der Waals surface area contributed by atoms with E-state index in [2.05, 4.69) is 0 Å². The van der Waals surface area contributed by atoms with Gasteiger partial charge in [-0.1, -0.05) is 6.07 Å². The molecule has 0 N–H and O–H groups in total. The van der Waals surface area contributed by atoms with Crippen molar-refractivity contribution >= 4 is 27.1 Å². The number of alkyl halides is 2. The molecule has 1 amide bonds. The topological polar surface area (TPSA) is 63.7 Å². The first-order valence-corrected chi connectivity index (χ1v) is 10.9. The zero-order valence-electron chi connectivity index (χ0n) is 14.4. The Labute approximate surface area is 160 Å². The summed E-state index contributed by atoms with van der Waals surface area (Å²) < 4.78 is 54.0. The van der Waals surface area contributed by atoms with Crippen molar-refractivity contribution in [1.82, 2.24) is 4.90 Å². The summed E-state index contributed by atoms with van der Waals surface area (Å²) in [6.45, 7) is 1.51. The molecule has 1 aliphatic rings. The van der Waals surface area contributed by atoms with Crippen LogP contribution in [0.25, 0.3) is 0 Å². The van der Waals surface area contributed by atoms with Crippen molar-refractivity contribution in [3.8, 4) is 0 Å². The van der Waals surface area contributed by atoms with Gasteiger partial charge in [0.05, 0.1) is 17.5 Å². The van der Waals surface area contributed by atoms with E-state index in [0.29, 0.717) is 19.7 Å². The molecule has 0 radical (unpaired) electrons. The van der Waals surface area contributed by atoms with E-state index in [1.54, 1.807) is 4.90 Å². The van der Waals surface area contributed by atoms with Gasteiger partial charge in [0.1, 0.15) is 0 Å². The van der Waals surface area contributed by atoms with Gasteiger partial charge in [-0.05, 0) is 48.6 Å². The zero-order valence-corrected chi connectivity index (χ0v) is 16.0. The molecule has 2 aromatic rings. The molecule has 146 valence electrons. The molecular formula is C18H19F2NO4S2. The van der Waals surface area contributed by atoms with E-state index in [1.165, 1.54) is 23.5 Å². The fourth-order valence-corrected chi connectivity index (χ4v) is 4.36. The average molecular weight is 415 g/mol. The largest absolute Gasteiger partial charge is 0.376 e. The smallest absolute Gasteiger partial charge is 0.341 e. The quantitative estimate of drug-likeness (QED) is 0.694. The number of thiophene rings is 1. The van der Waals surface area contributed by atoms with E-state index in [-0.39, 0.29) is 17.6 Å². The van der Waals surface area contributed by atoms with Gasteiger partial charge >= 0.3 is 5.76 Å². The summed E-state index contributed by atoms with van der Waals surface area (Å²) in [5.74, 6) is -3.78. The van der Waals surface area contributed by atoms with Crippen LogP contribution in [0.4, 0.5) is 8.78 Å². The first-order valence-electron chi connectivity index (χ1n) is 8.43. The third-order valence-electron chi connectivity index (χ3n) is 4.33. The molecule has 9 heteroatoms. The minimum absolute atomic E-state index is 0.0348. The van der Waals surface area contributed by atoms with Gasteiger partial charge in [0, 0.05) is 23.6 Å². The van der Waals surface area contributed by atoms with Gasteiger partial charge in [-0.3, -0.25) is 4.79 Å². The highest BCUT2D eigenvalue weighted by molar-refractivity contribution is 7.91. The van der Waals surface area contributed by atoms with E-state index in [1.807, 2.05) is 17.5 Å². The summed E-state index contributed by atoms with van der Waals surface area (Å²) in [6, 6.07) is 8.47. The van der Waals surface area contributed by atoms with E-state index in [9.17, 15) is 22.0 Å². The predicted molar refractivity (Wildman–Crippen MR) is 97.7 cm³/mol. The Hall–Kier alpha value is -1.84. The van der Waals surface area contributed by atoms with Gasteiger partial charge in [0.25, 0.3) is 5.91 Å². The van der Waals surface area contributed by atoms with Crippen LogP contribution in [0, 0.1) is 0 Å². The third kappa shape index (κ3) is 4.72. The number of sulfone groups is 1. The minimum Gasteiger partial charge on any atom is -0.376 e. The Kier molecular flexibility index (Phi) is 6.23. The summed E-state index contributed by atoms with van der Waals surface area (Å²) in [5.41, 5.74) is 0.248. The standard InChI is InChI=1S/C18H19F2NO4S2/c19-18(20)27(23,24)16-7-5-13(6-8-16)17(22)21(11-14-3-1-9-25-14)12-15-4-2-10-26-15/h2,4-8,10,14,18H,1,3,9,11-12H2/t14-/m1/s1. The first-order chi connectivity index (χ1) is 12.9. The Morgan fingerprint density at radius 1 is 1.26 bits per heavy atom. The Morgan fingerprint density at radius 2 is 2.00 bits per heavy atom. The average Bonchev–Trinajstić information content (AvgIpc) is 3.34. The number of rotatable bonds is 7. The van der Waals surface area contributed by atoms with Gasteiger partial charge in [-0.15, -0.1) is 11.3 Å². The summed E-state index contributed by atoms with van der Waals surface area (Å²) in [6.07, 6.45) is 1.79. The summed E-state index contributed by atoms with van der Waals surface area (Å²) in [7, 11) is -4.68. The van der Waals surface area contributed by atoms with Crippen molar-refractivity contribution in [3.63, 3.8) is 0 Å². The van der Waals surface area contributed by atoms with Gasteiger partial charge < -0.3 is 9.64 Å². The van der Waals surface area contributed by atoms with Crippen LogP contribution in [-0.2, 0) is 21.1 Å². The molecular weight excluding hydrogens is 396 g/mol. The number of amides is 1. The predicted octanol–water partition coefficient (Wildman–Crippen LogP) is 3.57. The molecule has 1 saturated heterocycles. The highest BCUT2D eigenvalue weighted by atomic mass is 32.2. The summed E-state index contributed by atoms with van der Waals surface area (Å²) >= 11 is 1.53. The van der Waals surface area contributed by atoms with Crippen molar-refractivity contribution < 1.29 is 26.7 Å². The normalized spacial score (nSPS) is 17.4. The number of nitrogens with zero attached hydrogens (tertiary/aromatic N) is 1. The lowest BCUT2D eigenvalue weighted by molar-refractivity contribution is 0.0509. The minimum atomic E-state index is -4.68. The molecule has 0 unspecified atom stereocenters. The highest BCUT2D eigenvalue weighted by Crippen LogP contribution is 2.22. The number of carbonyl (C=O) groups excluding carboxylic acids is 1. The van der Waals surface area contributed by atoms with Crippen LogP contribution in [0.5, 0.6) is 0 Å². The van der Waals surface area contributed by atoms with Crippen molar-refractivity contribution in [2.75, 3.05) is 13.2 Å². The number of halogens is 2. The Balaban J connectivity index is 1.80. The monoisotopic (exact) mass is 415 g/mol. The summed E-state index contributed by atoms with van der Waals surface area (Å²) in [5, 5.41) is 1.92. The number of carbonyl (C=O) groups is 1. The second kappa shape index (κ2) is 8.45. The number of hydrogen-bond donors (Lipinski definition) is 0. The molecule has 0 saturated carbocycles. The van der Waals surface area contributed by atoms with Crippen LogP contribution >= 0.6 is 11.3 Å². The Bertz CT molecular complexity index is 861. The zero-order chi connectivity index (χ0) is 19.4. The van der Waals surface area contributed by atoms with Crippen LogP contribution in [-0.4, -0.2) is 44.2 Å². The molecule has 0 bridgehead atoms. The van der Waals surface area contributed by atoms with Gasteiger partial charge in [0.15, 0.2) is 0 Å². The molecule has 1 atom stereocenters. The maximum Gasteiger partial charge on any atom is 0.341 e. The van der Waals surface area contributed by atoms with Crippen molar-refractivity contribution in [2.45, 2.75) is 36.1 Å². The first kappa shape index (κ1) is 19.9. The summed E-state index contributed by atoms with van der Waals surface area (Å²) in [4.78, 5) is 15.1. The maximum atomic E-state index is 12.9. The van der Waals surface area contributed by atoms with E-state index >= 15 is 0 Å². The molecule has 3 rings (SSSR count). The van der Waals surface area contributed by atoms with Crippen molar-refractivity contribution in [3.05, 3.63) is 52.2 Å². The van der Waals surface area contributed by atoms with Crippen LogP contribution in [0.3, 0.4) is 0 Å². The molecule has 2 heterocycles. The number of benzene rings is 1. The molecule has 0 aliphatic carbocycles. The van der Waals surface area contributed by atoms with Crippen LogP contribution in [0.1, 0.15) is 28.1 Å². The molecule has 5 nitrogen and oxygen atoms in total. The maximum absolute atomic E-state index is 12.9. The molecule has 0 spiro atoms. The van der Waals surface area contributed by atoms with Crippen molar-refractivity contribution in [1.29, 1.82) is 0 Å². The lowest BCUT2D eigenvalue weighted by Gasteiger charge is -2.25. The molecule has 1 aliphatic heterocycles. The van der Waals surface area contributed by atoms with Gasteiger partial charge in [-0.25, -0.2) is 8.42 Å². The molecule has 1 aromatic carbocycles. The van der Waals surface area contributed by atoms with Crippen molar-refractivity contribution in [2.24, 2.45) is 0 Å². The van der Waals surface area contributed by atoms with E-state index in [0.717, 1.165) is 29.9 Å². The highest BCUT2D eigenvalue weighted by Gasteiger charge is 2.28. The Morgan fingerprint density at radius 3 is 2.56 bits per heavy atom. The molecule has 1 aromatic heterocycles. The number of ether oxygens (including phenoxy) is 1. The lowest BCUT2D eigenvalue weighted by atomic mass is 10.1. The molecule has 27 heavy (non-hydrogen) atoms. The van der Waals surface area contributed by atoms with Gasteiger partial charge in [-0.2, -0.15) is 8.78 Å². The SMILES string of the molecule is O=C(c1ccc(S(=O)(=O)C(F)F)cc1)N(Cc1cccs1)C[C@H]1CCCO1. The lowest BCUT2D eigenvalue weighted by Crippen LogP contribution is -2.36. The van der Waals surface area contributed by atoms with Crippen LogP contribution in [0.15, 0.2) is 46.7 Å². The van der Waals surface area contributed by atoms with E-state index in [4.69, 9.17) is 4.74 Å². The van der Waals surface area contributed by atoms with Crippen LogP contribution < -0.4 is 0 Å². The molecule has 1 fully saturated rings. The third-order valence-corrected chi connectivity index (χ3v) is 6.59. The number of hydrogen-bond acceptors (Lipinski definition) is 5. The van der Waals surface area contributed by atoms with Crippen LogP contribution in [0.2, 0.25) is 0 Å². The fraction of sp³-hybridized carbons (Fsp3) is 0.389. The second-order valence-corrected chi connectivity index (χ2v) is 9.18.